The SMILES string of the molecule is COc1ccc(-c2nc(C(=O)N3Cc4ccc(F)cc4C3)c([C@H](C)N)o2)c2ccc(C(F)(F)F)nc12. The summed E-state index contributed by atoms with van der Waals surface area (Å²) in [6.07, 6.45) is -4.64. The fourth-order valence-corrected chi connectivity index (χ4v) is 4.27. The normalized spacial score (nSPS) is 14.2. The molecule has 36 heavy (non-hydrogen) atoms. The Kier molecular flexibility index (Phi) is 5.67. The standard InChI is InChI=1S/C25H20F4N4O3/c1-12(30)22-21(24(34)33-10-13-3-4-15(26)9-14(13)11-33)32-23(36-22)17-5-7-18(35-2)20-16(17)6-8-19(31-20)25(27,28)29/h3-9,12H,10-11,30H2,1-2H3/t12-/m0/s1. The maximum absolute atomic E-state index is 13.6. The van der Waals surface area contributed by atoms with E-state index in [1.165, 1.54) is 36.3 Å². The molecule has 186 valence electrons. The van der Waals surface area contributed by atoms with Crippen LogP contribution in [0.4, 0.5) is 17.6 Å². The molecule has 1 aliphatic heterocycles. The van der Waals surface area contributed by atoms with E-state index in [1.54, 1.807) is 19.1 Å². The second kappa shape index (κ2) is 8.59. The number of aromatic nitrogens is 2. The van der Waals surface area contributed by atoms with Crippen molar-refractivity contribution in [2.45, 2.75) is 32.2 Å². The molecule has 5 rings (SSSR count). The summed E-state index contributed by atoms with van der Waals surface area (Å²) in [4.78, 5) is 23.0. The lowest BCUT2D eigenvalue weighted by Gasteiger charge is -2.14. The molecule has 0 aliphatic carbocycles. The number of benzene rings is 2. The number of nitrogens with two attached hydrogens (primary N) is 1. The minimum Gasteiger partial charge on any atom is -0.494 e. The molecule has 0 unspecified atom stereocenters. The summed E-state index contributed by atoms with van der Waals surface area (Å²) in [5.41, 5.74) is 6.78. The molecule has 3 heterocycles. The molecule has 2 aromatic carbocycles. The number of rotatable bonds is 4. The highest BCUT2D eigenvalue weighted by Gasteiger charge is 2.34. The number of carbonyl (C=O) groups excluding carboxylic acids is 1. The first-order valence-electron chi connectivity index (χ1n) is 10.9. The lowest BCUT2D eigenvalue weighted by Crippen LogP contribution is -2.27. The van der Waals surface area contributed by atoms with E-state index in [0.29, 0.717) is 16.5 Å². The third kappa shape index (κ3) is 4.05. The van der Waals surface area contributed by atoms with Crippen LogP contribution in [-0.4, -0.2) is 27.9 Å². The van der Waals surface area contributed by atoms with Gasteiger partial charge in [0.05, 0.1) is 13.2 Å². The molecule has 7 nitrogen and oxygen atoms in total. The number of amides is 1. The zero-order valence-electron chi connectivity index (χ0n) is 19.2. The maximum atomic E-state index is 13.6. The monoisotopic (exact) mass is 500 g/mol. The van der Waals surface area contributed by atoms with Gasteiger partial charge in [0.2, 0.25) is 5.89 Å². The zero-order chi connectivity index (χ0) is 25.8. The van der Waals surface area contributed by atoms with Crippen LogP contribution in [0, 0.1) is 5.82 Å². The first kappa shape index (κ1) is 23.7. The van der Waals surface area contributed by atoms with Crippen LogP contribution in [-0.2, 0) is 19.3 Å². The number of hydrogen-bond donors (Lipinski definition) is 1. The van der Waals surface area contributed by atoms with Crippen LogP contribution in [0.1, 0.15) is 46.0 Å². The average Bonchev–Trinajstić information content (AvgIpc) is 3.46. The summed E-state index contributed by atoms with van der Waals surface area (Å²) in [6, 6.07) is 8.77. The summed E-state index contributed by atoms with van der Waals surface area (Å²) in [6.45, 7) is 2.09. The number of methoxy groups -OCH3 is 1. The Morgan fingerprint density at radius 1 is 1.11 bits per heavy atom. The Bertz CT molecular complexity index is 1500. The molecular formula is C25H20F4N4O3. The van der Waals surface area contributed by atoms with Gasteiger partial charge < -0.3 is 19.8 Å². The third-order valence-electron chi connectivity index (χ3n) is 6.01. The largest absolute Gasteiger partial charge is 0.494 e. The molecule has 0 saturated carbocycles. The van der Waals surface area contributed by atoms with E-state index in [0.717, 1.165) is 11.6 Å². The van der Waals surface area contributed by atoms with Crippen LogP contribution >= 0.6 is 0 Å². The van der Waals surface area contributed by atoms with Crippen LogP contribution in [0.3, 0.4) is 0 Å². The maximum Gasteiger partial charge on any atom is 0.433 e. The molecule has 2 N–H and O–H groups in total. The minimum absolute atomic E-state index is 0.00242. The number of halogens is 4. The van der Waals surface area contributed by atoms with Crippen molar-refractivity contribution in [1.82, 2.24) is 14.9 Å². The number of nitrogens with zero attached hydrogens (tertiary/aromatic N) is 3. The Morgan fingerprint density at radius 2 is 1.86 bits per heavy atom. The number of oxazole rings is 1. The molecule has 2 aromatic heterocycles. The predicted molar refractivity (Wildman–Crippen MR) is 121 cm³/mol. The lowest BCUT2D eigenvalue weighted by atomic mass is 10.1. The van der Waals surface area contributed by atoms with Crippen molar-refractivity contribution in [3.8, 4) is 17.2 Å². The summed E-state index contributed by atoms with van der Waals surface area (Å²) in [7, 11) is 1.33. The fraction of sp³-hybridized carbons (Fsp3) is 0.240. The summed E-state index contributed by atoms with van der Waals surface area (Å²) in [5, 5.41) is 0.294. The summed E-state index contributed by atoms with van der Waals surface area (Å²) < 4.78 is 64.5. The number of ether oxygens (including phenoxy) is 1. The highest BCUT2D eigenvalue weighted by atomic mass is 19.4. The quantitative estimate of drug-likeness (QED) is 0.386. The second-order valence-electron chi connectivity index (χ2n) is 8.50. The average molecular weight is 500 g/mol. The van der Waals surface area contributed by atoms with Gasteiger partial charge in [-0.2, -0.15) is 13.2 Å². The van der Waals surface area contributed by atoms with Crippen LogP contribution in [0.5, 0.6) is 5.75 Å². The predicted octanol–water partition coefficient (Wildman–Crippen LogP) is 5.23. The van der Waals surface area contributed by atoms with Gasteiger partial charge in [-0.05, 0) is 54.4 Å². The van der Waals surface area contributed by atoms with Crippen molar-refractivity contribution in [3.05, 3.63) is 76.6 Å². The van der Waals surface area contributed by atoms with Gasteiger partial charge in [0.15, 0.2) is 11.5 Å². The smallest absolute Gasteiger partial charge is 0.433 e. The molecule has 0 radical (unpaired) electrons. The number of alkyl halides is 3. The van der Waals surface area contributed by atoms with Gasteiger partial charge in [-0.15, -0.1) is 0 Å². The van der Waals surface area contributed by atoms with Crippen LogP contribution in [0.25, 0.3) is 22.4 Å². The van der Waals surface area contributed by atoms with Gasteiger partial charge in [-0.1, -0.05) is 6.07 Å². The zero-order valence-corrected chi connectivity index (χ0v) is 19.2. The minimum atomic E-state index is -4.64. The van der Waals surface area contributed by atoms with Crippen LogP contribution in [0.2, 0.25) is 0 Å². The molecule has 1 amide bonds. The second-order valence-corrected chi connectivity index (χ2v) is 8.50. The lowest BCUT2D eigenvalue weighted by molar-refractivity contribution is -0.140. The number of carbonyl (C=O) groups is 1. The van der Waals surface area contributed by atoms with Gasteiger partial charge in [0.25, 0.3) is 5.91 Å². The number of hydrogen-bond acceptors (Lipinski definition) is 6. The van der Waals surface area contributed by atoms with E-state index in [1.807, 2.05) is 0 Å². The van der Waals surface area contributed by atoms with Gasteiger partial charge in [-0.3, -0.25) is 4.79 Å². The van der Waals surface area contributed by atoms with Crippen molar-refractivity contribution in [1.29, 1.82) is 0 Å². The van der Waals surface area contributed by atoms with Crippen molar-refractivity contribution in [3.63, 3.8) is 0 Å². The van der Waals surface area contributed by atoms with E-state index in [-0.39, 0.29) is 41.7 Å². The fourth-order valence-electron chi connectivity index (χ4n) is 4.27. The van der Waals surface area contributed by atoms with E-state index in [9.17, 15) is 22.4 Å². The molecule has 0 saturated heterocycles. The molecule has 4 aromatic rings. The topological polar surface area (TPSA) is 94.5 Å². The van der Waals surface area contributed by atoms with E-state index >= 15 is 0 Å². The van der Waals surface area contributed by atoms with Crippen molar-refractivity contribution in [2.75, 3.05) is 7.11 Å². The number of fused-ring (bicyclic) bond motifs is 2. The highest BCUT2D eigenvalue weighted by molar-refractivity contribution is 5.98. The molecule has 1 atom stereocenters. The molecule has 11 heteroatoms. The summed E-state index contributed by atoms with van der Waals surface area (Å²) in [5.74, 6) is -0.582. The van der Waals surface area contributed by atoms with E-state index in [4.69, 9.17) is 14.9 Å². The molecule has 1 aliphatic rings. The first-order chi connectivity index (χ1) is 17.1. The molecule has 0 fully saturated rings. The Balaban J connectivity index is 1.58. The number of pyridine rings is 1. The summed E-state index contributed by atoms with van der Waals surface area (Å²) >= 11 is 0. The molecule has 0 spiro atoms. The first-order valence-corrected chi connectivity index (χ1v) is 10.9. The Labute approximate surface area is 202 Å². The Morgan fingerprint density at radius 3 is 2.56 bits per heavy atom. The van der Waals surface area contributed by atoms with Crippen molar-refractivity contribution in [2.24, 2.45) is 5.73 Å². The highest BCUT2D eigenvalue weighted by Crippen LogP contribution is 2.38. The van der Waals surface area contributed by atoms with Crippen LogP contribution < -0.4 is 10.5 Å². The van der Waals surface area contributed by atoms with Crippen LogP contribution in [0.15, 0.2) is 46.9 Å². The van der Waals surface area contributed by atoms with Crippen molar-refractivity contribution < 1.29 is 31.5 Å². The Hall–Kier alpha value is -3.99. The van der Waals surface area contributed by atoms with Crippen molar-refractivity contribution >= 4 is 16.8 Å². The molecule has 0 bridgehead atoms. The van der Waals surface area contributed by atoms with Gasteiger partial charge >= 0.3 is 6.18 Å². The van der Waals surface area contributed by atoms with Gasteiger partial charge in [-0.25, -0.2) is 14.4 Å². The molecular weight excluding hydrogens is 480 g/mol. The van der Waals surface area contributed by atoms with Gasteiger partial charge in [0, 0.05) is 24.0 Å². The van der Waals surface area contributed by atoms with Gasteiger partial charge in [0.1, 0.15) is 22.8 Å². The third-order valence-corrected chi connectivity index (χ3v) is 6.01. The van der Waals surface area contributed by atoms with E-state index in [2.05, 4.69) is 9.97 Å². The van der Waals surface area contributed by atoms with E-state index < -0.39 is 29.6 Å².